The zero-order chi connectivity index (χ0) is 50.1. The Kier molecular flexibility index (Phi) is 12.7. The summed E-state index contributed by atoms with van der Waals surface area (Å²) in [5.41, 5.74) is 1.94. The number of fused-ring (bicyclic) bond motifs is 2. The standard InChI is InChI=1S/C54H41F3N6O8S/c1-61-51-43(63(54(61)66)44-23-24-48(70-31-34-13-7-3-8-14-34)59-53(44)71-32-35-15-9-4-10-16-35)22-21-41(50(51)57)40-19-17-36(25-42(40)55)26-46(64)58-38-18-20-39-37(27-38)28-45(69-30-33-11-5-2-6-12-33)52(49(39)56)62-29-47(65)60-72(62,67)68/h2-25,27-28H,26,29-32H2,1H3,(H,58,64)(H,60,65). The van der Waals surface area contributed by atoms with Crippen LogP contribution in [0.15, 0.2) is 163 Å². The minimum Gasteiger partial charge on any atom is -0.487 e. The van der Waals surface area contributed by atoms with Crippen molar-refractivity contribution < 1.29 is 45.4 Å². The lowest BCUT2D eigenvalue weighted by atomic mass is 10.0. The number of benzene rings is 7. The predicted octanol–water partition coefficient (Wildman–Crippen LogP) is 9.06. The highest BCUT2D eigenvalue weighted by atomic mass is 32.2. The van der Waals surface area contributed by atoms with Gasteiger partial charge < -0.3 is 19.5 Å². The van der Waals surface area contributed by atoms with Gasteiger partial charge in [-0.15, -0.1) is 0 Å². The van der Waals surface area contributed by atoms with Crippen LogP contribution in [0, 0.1) is 17.5 Å². The van der Waals surface area contributed by atoms with E-state index in [1.807, 2.05) is 65.4 Å². The van der Waals surface area contributed by atoms with Crippen LogP contribution in [0.4, 0.5) is 24.5 Å². The van der Waals surface area contributed by atoms with E-state index in [1.54, 1.807) is 42.5 Å². The lowest BCUT2D eigenvalue weighted by Crippen LogP contribution is -2.30. The van der Waals surface area contributed by atoms with Gasteiger partial charge in [0, 0.05) is 35.3 Å². The van der Waals surface area contributed by atoms with Gasteiger partial charge in [-0.05, 0) is 76.2 Å². The second-order valence-electron chi connectivity index (χ2n) is 16.8. The molecule has 1 saturated heterocycles. The van der Waals surface area contributed by atoms with E-state index in [2.05, 4.69) is 10.3 Å². The fourth-order valence-corrected chi connectivity index (χ4v) is 9.64. The van der Waals surface area contributed by atoms with Crippen LogP contribution >= 0.6 is 0 Å². The molecule has 0 radical (unpaired) electrons. The molecule has 7 aromatic carbocycles. The van der Waals surface area contributed by atoms with Gasteiger partial charge in [0.05, 0.1) is 11.9 Å². The van der Waals surface area contributed by atoms with Crippen molar-refractivity contribution in [3.05, 3.63) is 208 Å². The molecule has 0 unspecified atom stereocenters. The summed E-state index contributed by atoms with van der Waals surface area (Å²) in [6.45, 7) is -0.378. The first kappa shape index (κ1) is 46.8. The Balaban J connectivity index is 0.895. The number of pyridine rings is 1. The van der Waals surface area contributed by atoms with Crippen molar-refractivity contribution >= 4 is 55.2 Å². The maximum absolute atomic E-state index is 16.7. The van der Waals surface area contributed by atoms with E-state index in [-0.39, 0.29) is 93.6 Å². The van der Waals surface area contributed by atoms with E-state index in [4.69, 9.17) is 14.2 Å². The maximum atomic E-state index is 16.7. The number of rotatable bonds is 15. The van der Waals surface area contributed by atoms with E-state index in [0.29, 0.717) is 9.87 Å². The number of amides is 2. The van der Waals surface area contributed by atoms with E-state index in [9.17, 15) is 22.8 Å². The third kappa shape index (κ3) is 9.42. The highest BCUT2D eigenvalue weighted by molar-refractivity contribution is 7.92. The van der Waals surface area contributed by atoms with Crippen molar-refractivity contribution in [3.8, 4) is 34.3 Å². The Bertz CT molecular complexity index is 3750. The Hall–Kier alpha value is -8.90. The number of hydrogen-bond donors (Lipinski definition) is 2. The summed E-state index contributed by atoms with van der Waals surface area (Å²) in [6, 6.07) is 43.4. The Labute approximate surface area is 409 Å². The van der Waals surface area contributed by atoms with Crippen LogP contribution in [0.5, 0.6) is 17.5 Å². The molecule has 2 amide bonds. The summed E-state index contributed by atoms with van der Waals surface area (Å²) in [6.07, 6.45) is -0.306. The molecule has 10 rings (SSSR count). The molecule has 0 bridgehead atoms. The van der Waals surface area contributed by atoms with Crippen LogP contribution in [0.3, 0.4) is 0 Å². The SMILES string of the molecule is Cn1c(=O)n(-c2ccc(OCc3ccccc3)nc2OCc2ccccc2)c2ccc(-c3ccc(CC(=O)Nc4ccc5c(F)c(N6CC(=O)NS6(=O)=O)c(OCc6ccccc6)cc5c4)cc3F)c(F)c21. The molecule has 1 aliphatic rings. The molecule has 14 nitrogen and oxygen atoms in total. The number of nitrogens with one attached hydrogen (secondary N) is 2. The van der Waals surface area contributed by atoms with Gasteiger partial charge >= 0.3 is 15.9 Å². The molecule has 18 heteroatoms. The van der Waals surface area contributed by atoms with Gasteiger partial charge in [0.25, 0.3) is 5.91 Å². The number of carbonyl (C=O) groups is 2. The smallest absolute Gasteiger partial charge is 0.333 e. The molecular formula is C54H41F3N6O8S. The van der Waals surface area contributed by atoms with E-state index in [1.165, 1.54) is 60.1 Å². The van der Waals surface area contributed by atoms with E-state index in [0.717, 1.165) is 21.8 Å². The number of imidazole rings is 1. The average Bonchev–Trinajstić information content (AvgIpc) is 3.80. The molecule has 9 aromatic rings. The van der Waals surface area contributed by atoms with Crippen molar-refractivity contribution in [3.63, 3.8) is 0 Å². The van der Waals surface area contributed by atoms with Crippen LogP contribution in [-0.2, 0) is 53.1 Å². The van der Waals surface area contributed by atoms with E-state index >= 15 is 13.2 Å². The van der Waals surface area contributed by atoms with Crippen molar-refractivity contribution in [1.29, 1.82) is 0 Å². The highest BCUT2D eigenvalue weighted by Gasteiger charge is 2.38. The molecule has 362 valence electrons. The molecule has 3 heterocycles. The van der Waals surface area contributed by atoms with Crippen LogP contribution in [-0.4, -0.2) is 40.9 Å². The summed E-state index contributed by atoms with van der Waals surface area (Å²) in [5.74, 6) is -3.92. The van der Waals surface area contributed by atoms with Gasteiger partial charge in [-0.2, -0.15) is 13.4 Å². The van der Waals surface area contributed by atoms with Crippen LogP contribution in [0.25, 0.3) is 38.6 Å². The fourth-order valence-electron chi connectivity index (χ4n) is 8.48. The lowest BCUT2D eigenvalue weighted by molar-refractivity contribution is -0.117. The van der Waals surface area contributed by atoms with Gasteiger partial charge in [-0.25, -0.2) is 27.0 Å². The number of hydrogen-bond acceptors (Lipinski definition) is 9. The Morgan fingerprint density at radius 3 is 1.97 bits per heavy atom. The number of ether oxygens (including phenoxy) is 3. The molecular weight excluding hydrogens is 950 g/mol. The van der Waals surface area contributed by atoms with Crippen LogP contribution < -0.4 is 34.2 Å². The van der Waals surface area contributed by atoms with E-state index < -0.39 is 57.4 Å². The lowest BCUT2D eigenvalue weighted by Gasteiger charge is -2.21. The van der Waals surface area contributed by atoms with Crippen LogP contribution in [0.2, 0.25) is 0 Å². The number of carbonyl (C=O) groups excluding carboxylic acids is 2. The minimum absolute atomic E-state index is 0.0159. The number of aromatic nitrogens is 3. The summed E-state index contributed by atoms with van der Waals surface area (Å²) in [4.78, 5) is 44.1. The third-order valence-electron chi connectivity index (χ3n) is 11.9. The summed E-state index contributed by atoms with van der Waals surface area (Å²) in [5, 5.41) is 2.95. The van der Waals surface area contributed by atoms with Crippen molar-refractivity contribution in [2.45, 2.75) is 26.2 Å². The molecule has 0 aliphatic carbocycles. The van der Waals surface area contributed by atoms with Gasteiger partial charge in [0.2, 0.25) is 17.7 Å². The summed E-state index contributed by atoms with van der Waals surface area (Å²) in [7, 11) is -3.01. The summed E-state index contributed by atoms with van der Waals surface area (Å²) >= 11 is 0. The number of anilines is 2. The third-order valence-corrected chi connectivity index (χ3v) is 13.3. The monoisotopic (exact) mass is 990 g/mol. The quantitative estimate of drug-likeness (QED) is 0.102. The van der Waals surface area contributed by atoms with Crippen LogP contribution in [0.1, 0.15) is 22.3 Å². The first-order chi connectivity index (χ1) is 34.8. The van der Waals surface area contributed by atoms with Gasteiger partial charge in [-0.1, -0.05) is 103 Å². The maximum Gasteiger partial charge on any atom is 0.333 e. The van der Waals surface area contributed by atoms with Gasteiger partial charge in [-0.3, -0.25) is 18.7 Å². The fraction of sp³-hybridized carbons (Fsp3) is 0.111. The molecule has 0 atom stereocenters. The number of nitrogens with zero attached hydrogens (tertiary/aromatic N) is 4. The zero-order valence-corrected chi connectivity index (χ0v) is 39.0. The first-order valence-corrected chi connectivity index (χ1v) is 23.8. The minimum atomic E-state index is -4.41. The van der Waals surface area contributed by atoms with Crippen molar-refractivity contribution in [1.82, 2.24) is 18.8 Å². The molecule has 0 spiro atoms. The Morgan fingerprint density at radius 2 is 1.33 bits per heavy atom. The largest absolute Gasteiger partial charge is 0.487 e. The molecule has 2 aromatic heterocycles. The van der Waals surface area contributed by atoms with Crippen molar-refractivity contribution in [2.24, 2.45) is 7.05 Å². The van der Waals surface area contributed by atoms with Crippen molar-refractivity contribution in [2.75, 3.05) is 16.2 Å². The molecule has 1 fully saturated rings. The second kappa shape index (κ2) is 19.5. The van der Waals surface area contributed by atoms with Gasteiger partial charge in [0.1, 0.15) is 54.8 Å². The number of halogens is 3. The first-order valence-electron chi connectivity index (χ1n) is 22.4. The molecule has 2 N–H and O–H groups in total. The summed E-state index contributed by atoms with van der Waals surface area (Å²) < 4.78 is 97.8. The van der Waals surface area contributed by atoms with Gasteiger partial charge in [0.15, 0.2) is 11.6 Å². The molecule has 72 heavy (non-hydrogen) atoms. The topological polar surface area (TPSA) is 163 Å². The predicted molar refractivity (Wildman–Crippen MR) is 265 cm³/mol. The second-order valence-corrected chi connectivity index (χ2v) is 18.4. The molecule has 0 saturated carbocycles. The average molecular weight is 991 g/mol. The zero-order valence-electron chi connectivity index (χ0n) is 38.1. The normalized spacial score (nSPS) is 13.1. The molecule has 1 aliphatic heterocycles. The highest BCUT2D eigenvalue weighted by Crippen LogP contribution is 2.41. The number of aryl methyl sites for hydroxylation is 1. The Morgan fingerprint density at radius 1 is 0.694 bits per heavy atom.